The summed E-state index contributed by atoms with van der Waals surface area (Å²) in [6.07, 6.45) is 9.88. The fraction of sp³-hybridized carbons (Fsp3) is 0.375. The third-order valence-corrected chi connectivity index (χ3v) is 3.76. The van der Waals surface area contributed by atoms with Crippen LogP contribution < -0.4 is 5.32 Å². The lowest BCUT2D eigenvalue weighted by molar-refractivity contribution is 0.440. The molecule has 0 radical (unpaired) electrons. The Labute approximate surface area is 119 Å². The zero-order valence-corrected chi connectivity index (χ0v) is 11.5. The summed E-state index contributed by atoms with van der Waals surface area (Å²) in [5.74, 6) is 1.61. The number of hydrogen-bond acceptors (Lipinski definition) is 3. The Morgan fingerprint density at radius 1 is 1.30 bits per heavy atom. The molecule has 0 unspecified atom stereocenters. The van der Waals surface area contributed by atoms with Crippen LogP contribution in [0, 0.1) is 5.92 Å². The highest BCUT2D eigenvalue weighted by Gasteiger charge is 2.09. The van der Waals surface area contributed by atoms with Crippen LogP contribution in [0.5, 0.6) is 0 Å². The quantitative estimate of drug-likeness (QED) is 0.820. The summed E-state index contributed by atoms with van der Waals surface area (Å²) in [5.41, 5.74) is 2.37. The van der Waals surface area contributed by atoms with Crippen molar-refractivity contribution in [1.29, 1.82) is 0 Å². The average Bonchev–Trinajstić information content (AvgIpc) is 3.03. The molecule has 1 heterocycles. The molecule has 104 valence electrons. The van der Waals surface area contributed by atoms with E-state index < -0.39 is 0 Å². The Morgan fingerprint density at radius 3 is 3.10 bits per heavy atom. The van der Waals surface area contributed by atoms with E-state index in [1.54, 1.807) is 0 Å². The minimum absolute atomic E-state index is 0.789. The standard InChI is InChI=1S/C16H20N4/c1-2-5-13(6-3-1)10-17-11-14-7-4-8-15(9-14)16-18-12-19-20-16/h1-2,4,7-9,12-13,17H,3,5-6,10-11H2,(H,18,19,20)/t13-/m0/s1. The molecule has 1 aliphatic carbocycles. The van der Waals surface area contributed by atoms with Gasteiger partial charge in [-0.15, -0.1) is 0 Å². The average molecular weight is 268 g/mol. The van der Waals surface area contributed by atoms with Gasteiger partial charge in [0.25, 0.3) is 0 Å². The van der Waals surface area contributed by atoms with Crippen molar-refractivity contribution in [2.75, 3.05) is 6.54 Å². The van der Waals surface area contributed by atoms with E-state index in [0.717, 1.165) is 30.4 Å². The molecular formula is C16H20N4. The molecule has 2 aromatic rings. The first kappa shape index (κ1) is 13.1. The summed E-state index contributed by atoms with van der Waals surface area (Å²) in [6, 6.07) is 8.43. The van der Waals surface area contributed by atoms with Gasteiger partial charge in [-0.25, -0.2) is 4.98 Å². The van der Waals surface area contributed by atoms with E-state index in [2.05, 4.69) is 56.9 Å². The van der Waals surface area contributed by atoms with E-state index >= 15 is 0 Å². The molecule has 1 aliphatic rings. The van der Waals surface area contributed by atoms with E-state index in [-0.39, 0.29) is 0 Å². The van der Waals surface area contributed by atoms with E-state index in [0.29, 0.717) is 0 Å². The summed E-state index contributed by atoms with van der Waals surface area (Å²) < 4.78 is 0. The van der Waals surface area contributed by atoms with E-state index in [4.69, 9.17) is 0 Å². The van der Waals surface area contributed by atoms with Gasteiger partial charge in [0.15, 0.2) is 5.82 Å². The lowest BCUT2D eigenvalue weighted by atomic mass is 9.94. The van der Waals surface area contributed by atoms with Gasteiger partial charge in [-0.1, -0.05) is 30.4 Å². The number of benzene rings is 1. The van der Waals surface area contributed by atoms with Crippen LogP contribution >= 0.6 is 0 Å². The van der Waals surface area contributed by atoms with Crippen LogP contribution in [0.15, 0.2) is 42.7 Å². The Hall–Kier alpha value is -1.94. The van der Waals surface area contributed by atoms with Crippen molar-refractivity contribution in [3.8, 4) is 11.4 Å². The van der Waals surface area contributed by atoms with Gasteiger partial charge in [0.05, 0.1) is 0 Å². The third kappa shape index (κ3) is 3.33. The van der Waals surface area contributed by atoms with Crippen molar-refractivity contribution in [2.24, 2.45) is 5.92 Å². The van der Waals surface area contributed by atoms with Crippen LogP contribution in [0.2, 0.25) is 0 Å². The molecule has 0 bridgehead atoms. The number of H-pyrrole nitrogens is 1. The van der Waals surface area contributed by atoms with Crippen molar-refractivity contribution in [3.05, 3.63) is 48.3 Å². The molecule has 4 heteroatoms. The number of aromatic nitrogens is 3. The fourth-order valence-electron chi connectivity index (χ4n) is 2.64. The molecule has 0 spiro atoms. The van der Waals surface area contributed by atoms with Crippen molar-refractivity contribution in [2.45, 2.75) is 25.8 Å². The second kappa shape index (κ2) is 6.48. The summed E-state index contributed by atoms with van der Waals surface area (Å²) in [7, 11) is 0. The van der Waals surface area contributed by atoms with Crippen LogP contribution in [0.3, 0.4) is 0 Å². The maximum Gasteiger partial charge on any atom is 0.155 e. The van der Waals surface area contributed by atoms with E-state index in [1.807, 2.05) is 0 Å². The maximum absolute atomic E-state index is 4.19. The predicted octanol–water partition coefficient (Wildman–Crippen LogP) is 2.92. The summed E-state index contributed by atoms with van der Waals surface area (Å²) in [4.78, 5) is 4.19. The van der Waals surface area contributed by atoms with Crippen LogP contribution in [0.25, 0.3) is 11.4 Å². The Morgan fingerprint density at radius 2 is 2.30 bits per heavy atom. The molecule has 1 atom stereocenters. The molecule has 4 nitrogen and oxygen atoms in total. The highest BCUT2D eigenvalue weighted by molar-refractivity contribution is 5.55. The molecule has 1 aromatic carbocycles. The molecule has 0 fully saturated rings. The lowest BCUT2D eigenvalue weighted by Gasteiger charge is -2.18. The van der Waals surface area contributed by atoms with E-state index in [1.165, 1.54) is 31.2 Å². The van der Waals surface area contributed by atoms with Crippen molar-refractivity contribution >= 4 is 0 Å². The molecule has 0 amide bonds. The Bertz CT molecular complexity index is 560. The van der Waals surface area contributed by atoms with Gasteiger partial charge in [-0.3, -0.25) is 5.10 Å². The minimum Gasteiger partial charge on any atom is -0.312 e. The number of rotatable bonds is 5. The van der Waals surface area contributed by atoms with Crippen LogP contribution in [0.4, 0.5) is 0 Å². The van der Waals surface area contributed by atoms with E-state index in [9.17, 15) is 0 Å². The van der Waals surface area contributed by atoms with Gasteiger partial charge in [0.1, 0.15) is 6.33 Å². The van der Waals surface area contributed by atoms with Gasteiger partial charge in [0, 0.05) is 12.1 Å². The van der Waals surface area contributed by atoms with Crippen LogP contribution in [-0.2, 0) is 6.54 Å². The predicted molar refractivity (Wildman–Crippen MR) is 80.0 cm³/mol. The molecule has 0 saturated carbocycles. The van der Waals surface area contributed by atoms with Gasteiger partial charge in [-0.2, -0.15) is 5.10 Å². The Kier molecular flexibility index (Phi) is 4.23. The molecule has 20 heavy (non-hydrogen) atoms. The highest BCUT2D eigenvalue weighted by Crippen LogP contribution is 2.18. The van der Waals surface area contributed by atoms with Crippen molar-refractivity contribution in [1.82, 2.24) is 20.5 Å². The highest BCUT2D eigenvalue weighted by atomic mass is 15.2. The van der Waals surface area contributed by atoms with Crippen LogP contribution in [0.1, 0.15) is 24.8 Å². The zero-order chi connectivity index (χ0) is 13.6. The first-order valence-electron chi connectivity index (χ1n) is 7.22. The number of aromatic amines is 1. The number of hydrogen-bond donors (Lipinski definition) is 2. The number of nitrogens with zero attached hydrogens (tertiary/aromatic N) is 2. The monoisotopic (exact) mass is 268 g/mol. The fourth-order valence-corrected chi connectivity index (χ4v) is 2.64. The van der Waals surface area contributed by atoms with Crippen molar-refractivity contribution < 1.29 is 0 Å². The van der Waals surface area contributed by atoms with Crippen LogP contribution in [-0.4, -0.2) is 21.7 Å². The topological polar surface area (TPSA) is 53.6 Å². The maximum atomic E-state index is 4.19. The lowest BCUT2D eigenvalue weighted by Crippen LogP contribution is -2.23. The Balaban J connectivity index is 1.55. The minimum atomic E-state index is 0.789. The molecule has 2 N–H and O–H groups in total. The smallest absolute Gasteiger partial charge is 0.155 e. The molecule has 1 aromatic heterocycles. The molecule has 3 rings (SSSR count). The second-order valence-corrected chi connectivity index (χ2v) is 5.32. The molecular weight excluding hydrogens is 248 g/mol. The molecule has 0 saturated heterocycles. The second-order valence-electron chi connectivity index (χ2n) is 5.32. The SMILES string of the molecule is C1=CC[C@H](CNCc2cccc(-c3ncn[nH]3)c2)CC1. The van der Waals surface area contributed by atoms with Gasteiger partial charge in [-0.05, 0) is 43.4 Å². The normalized spacial score (nSPS) is 18.3. The first-order valence-corrected chi connectivity index (χ1v) is 7.22. The molecule has 0 aliphatic heterocycles. The van der Waals surface area contributed by atoms with Gasteiger partial charge < -0.3 is 5.32 Å². The number of allylic oxidation sites excluding steroid dienone is 2. The number of nitrogens with one attached hydrogen (secondary N) is 2. The largest absolute Gasteiger partial charge is 0.312 e. The first-order chi connectivity index (χ1) is 9.92. The summed E-state index contributed by atoms with van der Waals surface area (Å²) in [5, 5.41) is 10.4. The van der Waals surface area contributed by atoms with Gasteiger partial charge in [0.2, 0.25) is 0 Å². The summed E-state index contributed by atoms with van der Waals surface area (Å²) in [6.45, 7) is 2.00. The van der Waals surface area contributed by atoms with Gasteiger partial charge >= 0.3 is 0 Å². The zero-order valence-electron chi connectivity index (χ0n) is 11.5. The summed E-state index contributed by atoms with van der Waals surface area (Å²) >= 11 is 0. The van der Waals surface area contributed by atoms with Crippen molar-refractivity contribution in [3.63, 3.8) is 0 Å². The third-order valence-electron chi connectivity index (χ3n) is 3.76.